The number of aromatic nitrogens is 4. The number of fused-ring (bicyclic) bond motifs is 1. The van der Waals surface area contributed by atoms with E-state index in [9.17, 15) is 9.59 Å². The van der Waals surface area contributed by atoms with Crippen molar-refractivity contribution in [2.24, 2.45) is 0 Å². The second-order valence-corrected chi connectivity index (χ2v) is 13.1. The Morgan fingerprint density at radius 1 is 0.886 bits per heavy atom. The molecule has 4 aromatic rings. The summed E-state index contributed by atoms with van der Waals surface area (Å²) in [5, 5.41) is 0. The van der Waals surface area contributed by atoms with E-state index in [1.54, 1.807) is 4.90 Å². The van der Waals surface area contributed by atoms with Crippen LogP contribution in [-0.4, -0.2) is 67.5 Å². The van der Waals surface area contributed by atoms with Gasteiger partial charge in [0, 0.05) is 17.8 Å². The van der Waals surface area contributed by atoms with Gasteiger partial charge in [-0.05, 0) is 101 Å². The monoisotopic (exact) mass is 593 g/mol. The van der Waals surface area contributed by atoms with Crippen LogP contribution in [0.15, 0.2) is 54.9 Å². The average molecular weight is 594 g/mol. The summed E-state index contributed by atoms with van der Waals surface area (Å²) in [5.41, 5.74) is 5.84. The zero-order chi connectivity index (χ0) is 30.6. The van der Waals surface area contributed by atoms with E-state index < -0.39 is 5.60 Å². The number of likely N-dealkylation sites (tertiary alicyclic amines) is 2. The number of nitrogens with zero attached hydrogens (tertiary/aromatic N) is 5. The lowest BCUT2D eigenvalue weighted by molar-refractivity contribution is 0.0218. The highest BCUT2D eigenvalue weighted by Crippen LogP contribution is 2.36. The van der Waals surface area contributed by atoms with Gasteiger partial charge in [0.1, 0.15) is 17.2 Å². The fraction of sp³-hybridized carbons (Fsp3) is 0.412. The van der Waals surface area contributed by atoms with Crippen LogP contribution in [0, 0.1) is 0 Å². The minimum Gasteiger partial charge on any atom is -0.444 e. The maximum Gasteiger partial charge on any atom is 0.410 e. The van der Waals surface area contributed by atoms with E-state index >= 15 is 0 Å². The molecule has 1 unspecified atom stereocenters. The number of hydrogen-bond acceptors (Lipinski definition) is 6. The Morgan fingerprint density at radius 2 is 1.52 bits per heavy atom. The van der Waals surface area contributed by atoms with Crippen LogP contribution in [0.1, 0.15) is 86.1 Å². The van der Waals surface area contributed by atoms with Crippen molar-refractivity contribution >= 4 is 17.7 Å². The molecule has 2 fully saturated rings. The van der Waals surface area contributed by atoms with E-state index in [-0.39, 0.29) is 18.0 Å². The van der Waals surface area contributed by atoms with Gasteiger partial charge in [-0.3, -0.25) is 14.6 Å². The second-order valence-electron chi connectivity index (χ2n) is 13.1. The minimum absolute atomic E-state index is 0.00310. The van der Waals surface area contributed by atoms with Crippen LogP contribution in [0.5, 0.6) is 0 Å². The molecular formula is C34H39N7O3. The number of carbonyl (C=O) groups excluding carboxylic acids is 2. The van der Waals surface area contributed by atoms with Crippen LogP contribution in [-0.2, 0) is 11.3 Å². The molecular weight excluding hydrogens is 554 g/mol. The average Bonchev–Trinajstić information content (AvgIpc) is 3.82. The number of ether oxygens (including phenoxy) is 1. The van der Waals surface area contributed by atoms with Crippen LogP contribution < -0.4 is 4.90 Å². The van der Waals surface area contributed by atoms with Crippen LogP contribution >= 0.6 is 0 Å². The van der Waals surface area contributed by atoms with Crippen molar-refractivity contribution in [2.75, 3.05) is 25.0 Å². The Bertz CT molecular complexity index is 1700. The van der Waals surface area contributed by atoms with Gasteiger partial charge in [-0.15, -0.1) is 0 Å². The third-order valence-corrected chi connectivity index (χ3v) is 8.93. The van der Waals surface area contributed by atoms with Crippen LogP contribution in [0.3, 0.4) is 0 Å². The molecule has 2 amide bonds. The molecule has 2 N–H and O–H groups in total. The molecule has 3 aliphatic heterocycles. The third-order valence-electron chi connectivity index (χ3n) is 8.93. The fourth-order valence-electron chi connectivity index (χ4n) is 6.67. The first-order valence-electron chi connectivity index (χ1n) is 15.5. The van der Waals surface area contributed by atoms with Gasteiger partial charge >= 0.3 is 6.09 Å². The molecule has 0 spiro atoms. The van der Waals surface area contributed by atoms with E-state index in [4.69, 9.17) is 4.74 Å². The Hall–Kier alpha value is -4.44. The first-order chi connectivity index (χ1) is 21.1. The topological polar surface area (TPSA) is 110 Å². The number of amides is 2. The molecule has 7 rings (SSSR count). The Kier molecular flexibility index (Phi) is 7.04. The predicted molar refractivity (Wildman–Crippen MR) is 168 cm³/mol. The predicted octanol–water partition coefficient (Wildman–Crippen LogP) is 6.47. The normalized spacial score (nSPS) is 20.5. The van der Waals surface area contributed by atoms with Crippen molar-refractivity contribution in [1.29, 1.82) is 0 Å². The van der Waals surface area contributed by atoms with Crippen molar-refractivity contribution in [3.05, 3.63) is 77.6 Å². The number of carbonyl (C=O) groups is 2. The Morgan fingerprint density at radius 3 is 2.20 bits per heavy atom. The largest absolute Gasteiger partial charge is 0.444 e. The van der Waals surface area contributed by atoms with Crippen LogP contribution in [0.25, 0.3) is 22.5 Å². The summed E-state index contributed by atoms with van der Waals surface area (Å²) < 4.78 is 5.63. The lowest BCUT2D eigenvalue weighted by Gasteiger charge is -2.27. The van der Waals surface area contributed by atoms with Gasteiger partial charge in [-0.25, -0.2) is 14.8 Å². The van der Waals surface area contributed by atoms with E-state index in [1.807, 2.05) is 74.5 Å². The highest BCUT2D eigenvalue weighted by Gasteiger charge is 2.35. The second kappa shape index (κ2) is 10.9. The molecule has 2 aromatic heterocycles. The third kappa shape index (κ3) is 5.27. The van der Waals surface area contributed by atoms with Gasteiger partial charge in [0.25, 0.3) is 5.91 Å². The SMILES string of the molecule is CN1CCCC1c1ncc(-c2ccc(N3Cc4cc(-c5cnc([C@@H]6CCCN6C(=O)OC(C)(C)C)[nH]5)ccc4C3=O)cc2)[nH]1. The summed E-state index contributed by atoms with van der Waals surface area (Å²) in [7, 11) is 2.15. The van der Waals surface area contributed by atoms with E-state index in [1.165, 1.54) is 6.42 Å². The van der Waals surface area contributed by atoms with Gasteiger partial charge in [0.2, 0.25) is 0 Å². The summed E-state index contributed by atoms with van der Waals surface area (Å²) in [5.74, 6) is 1.76. The number of benzene rings is 2. The van der Waals surface area contributed by atoms with Crippen molar-refractivity contribution < 1.29 is 14.3 Å². The van der Waals surface area contributed by atoms with Gasteiger partial charge < -0.3 is 19.6 Å². The molecule has 228 valence electrons. The molecule has 2 aromatic carbocycles. The van der Waals surface area contributed by atoms with Gasteiger partial charge in [0.15, 0.2) is 0 Å². The van der Waals surface area contributed by atoms with E-state index in [0.717, 1.165) is 71.2 Å². The highest BCUT2D eigenvalue weighted by atomic mass is 16.6. The first kappa shape index (κ1) is 28.3. The van der Waals surface area contributed by atoms with Crippen molar-refractivity contribution in [2.45, 2.75) is 70.7 Å². The number of aromatic amines is 2. The standard InChI is InChI=1S/C34H39N7O3/c1-34(2,3)44-33(43)40-16-6-8-29(40)31-36-19-27(38-31)22-11-14-25-23(17-22)20-41(32(25)42)24-12-9-21(10-13-24)26-18-35-30(37-26)28-7-5-15-39(28)4/h9-14,17-19,28-29H,5-8,15-16,20H2,1-4H3,(H,35,37)(H,36,38)/t28?,29-/m0/s1. The maximum atomic E-state index is 13.4. The fourth-order valence-corrected chi connectivity index (χ4v) is 6.67. The zero-order valence-electron chi connectivity index (χ0n) is 25.8. The lowest BCUT2D eigenvalue weighted by Crippen LogP contribution is -2.36. The molecule has 0 bridgehead atoms. The van der Waals surface area contributed by atoms with E-state index in [0.29, 0.717) is 24.7 Å². The number of nitrogens with one attached hydrogen (secondary N) is 2. The lowest BCUT2D eigenvalue weighted by atomic mass is 10.0. The van der Waals surface area contributed by atoms with Gasteiger partial charge in [-0.1, -0.05) is 18.2 Å². The summed E-state index contributed by atoms with van der Waals surface area (Å²) in [6.07, 6.45) is 7.44. The van der Waals surface area contributed by atoms with E-state index in [2.05, 4.69) is 37.9 Å². The number of rotatable bonds is 5. The Balaban J connectivity index is 1.05. The van der Waals surface area contributed by atoms with Gasteiger partial charge in [-0.2, -0.15) is 0 Å². The molecule has 0 aliphatic carbocycles. The first-order valence-corrected chi connectivity index (χ1v) is 15.5. The molecule has 44 heavy (non-hydrogen) atoms. The minimum atomic E-state index is -0.549. The van der Waals surface area contributed by atoms with Crippen LogP contribution in [0.2, 0.25) is 0 Å². The molecule has 3 aliphatic rings. The zero-order valence-corrected chi connectivity index (χ0v) is 25.8. The number of anilines is 1. The summed E-state index contributed by atoms with van der Waals surface area (Å²) >= 11 is 0. The molecule has 0 radical (unpaired) electrons. The molecule has 0 saturated carbocycles. The number of H-pyrrole nitrogens is 2. The quantitative estimate of drug-likeness (QED) is 0.275. The summed E-state index contributed by atoms with van der Waals surface area (Å²) in [6.45, 7) is 7.88. The van der Waals surface area contributed by atoms with Crippen molar-refractivity contribution in [3.8, 4) is 22.5 Å². The summed E-state index contributed by atoms with van der Waals surface area (Å²) in [6, 6.07) is 14.2. The molecule has 10 heteroatoms. The maximum absolute atomic E-state index is 13.4. The molecule has 5 heterocycles. The molecule has 10 nitrogen and oxygen atoms in total. The van der Waals surface area contributed by atoms with Crippen LogP contribution in [0.4, 0.5) is 10.5 Å². The Labute approximate surface area is 257 Å². The number of hydrogen-bond donors (Lipinski definition) is 2. The molecule has 2 atom stereocenters. The highest BCUT2D eigenvalue weighted by molar-refractivity contribution is 6.10. The van der Waals surface area contributed by atoms with Crippen molar-refractivity contribution in [1.82, 2.24) is 29.7 Å². The summed E-state index contributed by atoms with van der Waals surface area (Å²) in [4.78, 5) is 48.4. The van der Waals surface area contributed by atoms with Crippen molar-refractivity contribution in [3.63, 3.8) is 0 Å². The number of imidazole rings is 2. The smallest absolute Gasteiger partial charge is 0.410 e. The van der Waals surface area contributed by atoms with Gasteiger partial charge in [0.05, 0.1) is 42.4 Å². The molecule has 2 saturated heterocycles.